The van der Waals surface area contributed by atoms with Crippen LogP contribution in [0.25, 0.3) is 10.9 Å². The van der Waals surface area contributed by atoms with Crippen LogP contribution >= 0.6 is 0 Å². The Kier molecular flexibility index (Phi) is 3.75. The zero-order valence-corrected chi connectivity index (χ0v) is 10.6. The number of aromatic carboxylic acids is 1. The summed E-state index contributed by atoms with van der Waals surface area (Å²) in [5.74, 6) is -0.258. The molecule has 0 aliphatic carbocycles. The van der Waals surface area contributed by atoms with Crippen molar-refractivity contribution in [2.24, 2.45) is 0 Å². The summed E-state index contributed by atoms with van der Waals surface area (Å²) in [5, 5.41) is 13.0. The highest BCUT2D eigenvalue weighted by molar-refractivity contribution is 5.96. The Balaban J connectivity index is 2.40. The summed E-state index contributed by atoms with van der Waals surface area (Å²) in [6.45, 7) is 5.73. The molecular formula is C14H15N3O2. The van der Waals surface area contributed by atoms with Gasteiger partial charge in [-0.3, -0.25) is 0 Å². The summed E-state index contributed by atoms with van der Waals surface area (Å²) in [6, 6.07) is 5.02. The maximum Gasteiger partial charge on any atom is 0.335 e. The molecule has 0 bridgehead atoms. The van der Waals surface area contributed by atoms with Gasteiger partial charge in [0.1, 0.15) is 12.1 Å². The minimum absolute atomic E-state index is 0.203. The molecule has 0 spiro atoms. The van der Waals surface area contributed by atoms with Gasteiger partial charge in [0, 0.05) is 11.4 Å². The minimum atomic E-state index is -0.963. The first-order valence-electron chi connectivity index (χ1n) is 5.97. The lowest BCUT2D eigenvalue weighted by Crippen LogP contribution is -2.15. The molecule has 2 N–H and O–H groups in total. The lowest BCUT2D eigenvalue weighted by molar-refractivity contribution is 0.0697. The summed E-state index contributed by atoms with van der Waals surface area (Å²) in [7, 11) is 0. The van der Waals surface area contributed by atoms with Gasteiger partial charge in [-0.25, -0.2) is 14.8 Å². The van der Waals surface area contributed by atoms with Crippen LogP contribution in [0.15, 0.2) is 37.2 Å². The number of nitrogens with zero attached hydrogens (tertiary/aromatic N) is 2. The first-order chi connectivity index (χ1) is 9.11. The van der Waals surface area contributed by atoms with E-state index in [0.29, 0.717) is 11.3 Å². The number of anilines is 1. The Morgan fingerprint density at radius 3 is 3.00 bits per heavy atom. The summed E-state index contributed by atoms with van der Waals surface area (Å²) in [6.07, 6.45) is 4.08. The molecule has 5 heteroatoms. The van der Waals surface area contributed by atoms with Crippen molar-refractivity contribution in [2.45, 2.75) is 19.4 Å². The van der Waals surface area contributed by atoms with E-state index in [4.69, 9.17) is 5.11 Å². The van der Waals surface area contributed by atoms with Crippen LogP contribution in [0.5, 0.6) is 0 Å². The van der Waals surface area contributed by atoms with Gasteiger partial charge in [-0.1, -0.05) is 6.08 Å². The zero-order chi connectivity index (χ0) is 13.8. The molecule has 1 aromatic carbocycles. The molecule has 1 atom stereocenters. The molecule has 0 saturated heterocycles. The second-order valence-corrected chi connectivity index (χ2v) is 4.33. The molecule has 0 aliphatic rings. The van der Waals surface area contributed by atoms with Gasteiger partial charge in [0.05, 0.1) is 11.1 Å². The summed E-state index contributed by atoms with van der Waals surface area (Å²) in [5.41, 5.74) is 0.833. The number of benzene rings is 1. The van der Waals surface area contributed by atoms with Crippen LogP contribution < -0.4 is 5.32 Å². The van der Waals surface area contributed by atoms with Gasteiger partial charge < -0.3 is 10.4 Å². The molecular weight excluding hydrogens is 242 g/mol. The molecule has 0 amide bonds. The van der Waals surface area contributed by atoms with E-state index < -0.39 is 5.97 Å². The Labute approximate surface area is 111 Å². The van der Waals surface area contributed by atoms with Gasteiger partial charge in [-0.2, -0.15) is 0 Å². The second-order valence-electron chi connectivity index (χ2n) is 4.33. The third-order valence-corrected chi connectivity index (χ3v) is 2.79. The summed E-state index contributed by atoms with van der Waals surface area (Å²) in [4.78, 5) is 19.2. The SMILES string of the molecule is C=CCC(C)Nc1ncnc2cc(C(=O)O)ccc12. The molecule has 0 aliphatic heterocycles. The van der Waals surface area contributed by atoms with Gasteiger partial charge in [0.2, 0.25) is 0 Å². The highest BCUT2D eigenvalue weighted by Crippen LogP contribution is 2.21. The quantitative estimate of drug-likeness (QED) is 0.805. The number of nitrogens with one attached hydrogen (secondary N) is 1. The number of fused-ring (bicyclic) bond motifs is 1. The van der Waals surface area contributed by atoms with Gasteiger partial charge in [-0.15, -0.1) is 6.58 Å². The Hall–Kier alpha value is -2.43. The van der Waals surface area contributed by atoms with E-state index in [1.165, 1.54) is 6.33 Å². The normalized spacial score (nSPS) is 12.1. The van der Waals surface area contributed by atoms with Crippen molar-refractivity contribution in [2.75, 3.05) is 5.32 Å². The predicted molar refractivity (Wildman–Crippen MR) is 74.4 cm³/mol. The molecule has 2 rings (SSSR count). The average molecular weight is 257 g/mol. The Morgan fingerprint density at radius 2 is 2.32 bits per heavy atom. The molecule has 19 heavy (non-hydrogen) atoms. The van der Waals surface area contributed by atoms with Gasteiger partial charge >= 0.3 is 5.97 Å². The predicted octanol–water partition coefficient (Wildman–Crippen LogP) is 2.70. The molecule has 0 fully saturated rings. The van der Waals surface area contributed by atoms with E-state index in [9.17, 15) is 4.79 Å². The summed E-state index contributed by atoms with van der Waals surface area (Å²) < 4.78 is 0. The molecule has 98 valence electrons. The molecule has 5 nitrogen and oxygen atoms in total. The Morgan fingerprint density at radius 1 is 1.53 bits per heavy atom. The van der Waals surface area contributed by atoms with Crippen LogP contribution in [-0.4, -0.2) is 27.1 Å². The highest BCUT2D eigenvalue weighted by Gasteiger charge is 2.09. The van der Waals surface area contributed by atoms with E-state index in [2.05, 4.69) is 21.9 Å². The van der Waals surface area contributed by atoms with E-state index >= 15 is 0 Å². The van der Waals surface area contributed by atoms with E-state index in [1.54, 1.807) is 18.2 Å². The minimum Gasteiger partial charge on any atom is -0.478 e. The van der Waals surface area contributed by atoms with Crippen molar-refractivity contribution in [1.29, 1.82) is 0 Å². The average Bonchev–Trinajstić information content (AvgIpc) is 2.38. The van der Waals surface area contributed by atoms with Crippen molar-refractivity contribution < 1.29 is 9.90 Å². The fourth-order valence-electron chi connectivity index (χ4n) is 1.85. The fraction of sp³-hybridized carbons (Fsp3) is 0.214. The lowest BCUT2D eigenvalue weighted by Gasteiger charge is -2.13. The molecule has 1 aromatic heterocycles. The fourth-order valence-corrected chi connectivity index (χ4v) is 1.85. The molecule has 2 aromatic rings. The van der Waals surface area contributed by atoms with E-state index in [1.807, 2.05) is 13.0 Å². The maximum atomic E-state index is 10.9. The number of carbonyl (C=O) groups is 1. The maximum absolute atomic E-state index is 10.9. The number of rotatable bonds is 5. The third-order valence-electron chi connectivity index (χ3n) is 2.79. The Bertz CT molecular complexity index is 625. The number of hydrogen-bond donors (Lipinski definition) is 2. The standard InChI is InChI=1S/C14H15N3O2/c1-3-4-9(2)17-13-11-6-5-10(14(18)19)7-12(11)15-8-16-13/h3,5-9H,1,4H2,2H3,(H,18,19)(H,15,16,17). The number of carboxylic acids is 1. The first kappa shape index (κ1) is 13.0. The van der Waals surface area contributed by atoms with Crippen molar-refractivity contribution in [3.8, 4) is 0 Å². The smallest absolute Gasteiger partial charge is 0.335 e. The van der Waals surface area contributed by atoms with Crippen LogP contribution in [0.4, 0.5) is 5.82 Å². The topological polar surface area (TPSA) is 75.1 Å². The van der Waals surface area contributed by atoms with Gasteiger partial charge in [0.25, 0.3) is 0 Å². The van der Waals surface area contributed by atoms with Crippen molar-refractivity contribution in [3.05, 3.63) is 42.7 Å². The zero-order valence-electron chi connectivity index (χ0n) is 10.6. The van der Waals surface area contributed by atoms with Gasteiger partial charge in [-0.05, 0) is 31.5 Å². The van der Waals surface area contributed by atoms with Crippen LogP contribution in [0, 0.1) is 0 Å². The number of carboxylic acid groups (broad SMARTS) is 1. The highest BCUT2D eigenvalue weighted by atomic mass is 16.4. The number of hydrogen-bond acceptors (Lipinski definition) is 4. The van der Waals surface area contributed by atoms with Crippen LogP contribution in [0.3, 0.4) is 0 Å². The third kappa shape index (κ3) is 2.88. The molecule has 1 unspecified atom stereocenters. The molecule has 1 heterocycles. The van der Waals surface area contributed by atoms with E-state index in [-0.39, 0.29) is 11.6 Å². The number of aromatic nitrogens is 2. The monoisotopic (exact) mass is 257 g/mol. The van der Waals surface area contributed by atoms with Crippen LogP contribution in [-0.2, 0) is 0 Å². The van der Waals surface area contributed by atoms with E-state index in [0.717, 1.165) is 11.8 Å². The summed E-state index contributed by atoms with van der Waals surface area (Å²) >= 11 is 0. The first-order valence-corrected chi connectivity index (χ1v) is 5.97. The van der Waals surface area contributed by atoms with Crippen molar-refractivity contribution in [3.63, 3.8) is 0 Å². The largest absolute Gasteiger partial charge is 0.478 e. The van der Waals surface area contributed by atoms with Crippen LogP contribution in [0.2, 0.25) is 0 Å². The second kappa shape index (κ2) is 5.48. The molecule has 0 radical (unpaired) electrons. The van der Waals surface area contributed by atoms with Crippen molar-refractivity contribution in [1.82, 2.24) is 9.97 Å². The lowest BCUT2D eigenvalue weighted by atomic mass is 10.1. The van der Waals surface area contributed by atoms with Crippen LogP contribution in [0.1, 0.15) is 23.7 Å². The molecule has 0 saturated carbocycles. The van der Waals surface area contributed by atoms with Crippen molar-refractivity contribution >= 4 is 22.7 Å². The van der Waals surface area contributed by atoms with Gasteiger partial charge in [0.15, 0.2) is 0 Å².